The number of nitrogens with zero attached hydrogens (tertiary/aromatic N) is 7. The van der Waals surface area contributed by atoms with Crippen molar-refractivity contribution in [3.05, 3.63) is 66.0 Å². The number of aromatic amines is 1. The van der Waals surface area contributed by atoms with Crippen molar-refractivity contribution in [2.24, 2.45) is 0 Å². The Balaban J connectivity index is 1.21. The molecule has 2 aliphatic rings. The molecule has 0 saturated carbocycles. The van der Waals surface area contributed by atoms with Crippen molar-refractivity contribution in [3.8, 4) is 5.75 Å². The number of hydrogen-bond donors (Lipinski definition) is 3. The summed E-state index contributed by atoms with van der Waals surface area (Å²) in [7, 11) is -0.321. The monoisotopic (exact) mass is 602 g/mol. The third-order valence-electron chi connectivity index (χ3n) is 8.11. The van der Waals surface area contributed by atoms with Gasteiger partial charge in [0.05, 0.1) is 25.4 Å². The van der Waals surface area contributed by atoms with Crippen LogP contribution in [0.5, 0.6) is 5.75 Å². The predicted molar refractivity (Wildman–Crippen MR) is 161 cm³/mol. The third-order valence-corrected chi connectivity index (χ3v) is 8.11. The van der Waals surface area contributed by atoms with Crippen molar-refractivity contribution in [1.29, 1.82) is 0 Å². The van der Waals surface area contributed by atoms with Gasteiger partial charge in [-0.3, -0.25) is 14.3 Å². The Kier molecular flexibility index (Phi) is 8.31. The summed E-state index contributed by atoms with van der Waals surface area (Å²) in [6, 6.07) is 6.48. The lowest BCUT2D eigenvalue weighted by atomic mass is 9.76. The normalized spacial score (nSPS) is 15.5. The highest BCUT2D eigenvalue weighted by atomic mass is 19.1. The largest absolute Gasteiger partial charge is 0.493 e. The van der Waals surface area contributed by atoms with Crippen LogP contribution in [0.1, 0.15) is 28.9 Å². The molecule has 3 aromatic heterocycles. The number of ether oxygens (including phenoxy) is 1. The maximum absolute atomic E-state index is 16.1. The number of pyridine rings is 1. The summed E-state index contributed by atoms with van der Waals surface area (Å²) in [5.41, 5.74) is 0.906. The number of carbonyl (C=O) groups is 2. The zero-order valence-electron chi connectivity index (χ0n) is 24.2. The summed E-state index contributed by atoms with van der Waals surface area (Å²) in [5, 5.41) is 28.3. The van der Waals surface area contributed by atoms with Crippen LogP contribution in [0, 0.1) is 5.82 Å². The topological polar surface area (TPSA) is 153 Å². The number of aryl methyl sites for hydroxylation is 1. The molecule has 6 rings (SSSR count). The van der Waals surface area contributed by atoms with E-state index in [1.54, 1.807) is 46.2 Å². The molecule has 0 atom stereocenters. The van der Waals surface area contributed by atoms with Gasteiger partial charge in [0.15, 0.2) is 17.4 Å². The summed E-state index contributed by atoms with van der Waals surface area (Å²) in [4.78, 5) is 39.1. The third kappa shape index (κ3) is 5.75. The van der Waals surface area contributed by atoms with Crippen molar-refractivity contribution in [2.75, 3.05) is 51.3 Å². The van der Waals surface area contributed by atoms with Crippen molar-refractivity contribution in [1.82, 2.24) is 34.8 Å². The number of anilines is 1. The maximum Gasteiger partial charge on any atom is 0.489 e. The van der Waals surface area contributed by atoms with Gasteiger partial charge in [-0.05, 0) is 35.7 Å². The molecular formula is C29H32BFN8O5. The van der Waals surface area contributed by atoms with Gasteiger partial charge in [-0.15, -0.1) is 5.10 Å². The van der Waals surface area contributed by atoms with Crippen LogP contribution >= 0.6 is 0 Å². The number of methoxy groups -OCH3 is 1. The van der Waals surface area contributed by atoms with Crippen LogP contribution < -0.4 is 15.1 Å². The zero-order chi connectivity index (χ0) is 30.8. The second-order valence-electron chi connectivity index (χ2n) is 10.7. The van der Waals surface area contributed by atoms with E-state index in [4.69, 9.17) is 4.74 Å². The first-order valence-electron chi connectivity index (χ1n) is 14.4. The van der Waals surface area contributed by atoms with E-state index in [1.165, 1.54) is 12.1 Å². The van der Waals surface area contributed by atoms with Gasteiger partial charge in [0.2, 0.25) is 5.91 Å². The molecule has 0 radical (unpaired) electrons. The number of hydrogen-bond acceptors (Lipinski definition) is 9. The molecule has 2 amide bonds. The lowest BCUT2D eigenvalue weighted by Gasteiger charge is -2.35. The molecule has 4 aromatic rings. The Labute approximate surface area is 252 Å². The van der Waals surface area contributed by atoms with E-state index in [9.17, 15) is 19.6 Å². The molecule has 1 aromatic carbocycles. The molecule has 0 aliphatic carbocycles. The zero-order valence-corrected chi connectivity index (χ0v) is 24.2. The standard InChI is InChI=1S/C29H32BFN8O5/c1-44-24-5-2-7-32-28(24)36-12-14-37(15-13-36)29(41)23-17-21-22(30(42)43)16-20(26(31)27(21)34-23)19-4-3-9-38(18-19)25(40)6-10-39-11-8-33-35-39/h2,4-5,7-8,11,16-17,34,42-43H,3,6,9-10,12-15,18H2,1H3. The van der Waals surface area contributed by atoms with Gasteiger partial charge in [0, 0.05) is 69.0 Å². The first-order chi connectivity index (χ1) is 21.3. The first kappa shape index (κ1) is 29.3. The molecule has 228 valence electrons. The Hall–Kier alpha value is -4.76. The second kappa shape index (κ2) is 12.5. The predicted octanol–water partition coefficient (Wildman–Crippen LogP) is 0.650. The van der Waals surface area contributed by atoms with Crippen LogP contribution in [-0.2, 0) is 11.3 Å². The Morgan fingerprint density at radius 2 is 1.93 bits per heavy atom. The lowest BCUT2D eigenvalue weighted by molar-refractivity contribution is -0.131. The van der Waals surface area contributed by atoms with Gasteiger partial charge in [-0.25, -0.2) is 9.37 Å². The maximum atomic E-state index is 16.1. The van der Waals surface area contributed by atoms with Crippen LogP contribution in [0.2, 0.25) is 0 Å². The van der Waals surface area contributed by atoms with Gasteiger partial charge in [-0.1, -0.05) is 17.4 Å². The number of carbonyl (C=O) groups excluding carboxylic acids is 2. The number of H-pyrrole nitrogens is 1. The van der Waals surface area contributed by atoms with Crippen molar-refractivity contribution in [2.45, 2.75) is 19.4 Å². The van der Waals surface area contributed by atoms with Crippen LogP contribution in [0.4, 0.5) is 10.2 Å². The molecule has 0 bridgehead atoms. The van der Waals surface area contributed by atoms with E-state index < -0.39 is 12.9 Å². The molecule has 44 heavy (non-hydrogen) atoms. The van der Waals surface area contributed by atoms with Gasteiger partial charge < -0.3 is 34.5 Å². The average Bonchev–Trinajstić information content (AvgIpc) is 3.75. The second-order valence-corrected chi connectivity index (χ2v) is 10.7. The minimum atomic E-state index is -1.91. The highest BCUT2D eigenvalue weighted by molar-refractivity contribution is 6.62. The van der Waals surface area contributed by atoms with E-state index in [-0.39, 0.29) is 52.4 Å². The smallest absolute Gasteiger partial charge is 0.489 e. The molecule has 1 fully saturated rings. The minimum absolute atomic E-state index is 0.00124. The highest BCUT2D eigenvalue weighted by Crippen LogP contribution is 2.30. The molecule has 2 aliphatic heterocycles. The summed E-state index contributed by atoms with van der Waals surface area (Å²) in [6.07, 6.45) is 7.49. The van der Waals surface area contributed by atoms with E-state index >= 15 is 4.39 Å². The number of rotatable bonds is 8. The number of fused-ring (bicyclic) bond motifs is 1. The lowest BCUT2D eigenvalue weighted by Crippen LogP contribution is -2.49. The van der Waals surface area contributed by atoms with Gasteiger partial charge in [0.25, 0.3) is 5.91 Å². The number of piperazine rings is 1. The van der Waals surface area contributed by atoms with Gasteiger partial charge in [-0.2, -0.15) is 0 Å². The van der Waals surface area contributed by atoms with Crippen LogP contribution in [0.3, 0.4) is 0 Å². The number of aromatic nitrogens is 5. The molecule has 15 heteroatoms. The SMILES string of the molecule is COc1cccnc1N1CCN(C(=O)c2cc3c(B(O)O)cc(C4=CCCN(C(=O)CCn5ccnn5)C4)c(F)c3[nH]2)CC1. The molecule has 5 heterocycles. The Morgan fingerprint density at radius 1 is 1.11 bits per heavy atom. The van der Waals surface area contributed by atoms with Crippen molar-refractivity contribution in [3.63, 3.8) is 0 Å². The summed E-state index contributed by atoms with van der Waals surface area (Å²) >= 11 is 0. The molecule has 1 saturated heterocycles. The summed E-state index contributed by atoms with van der Waals surface area (Å²) < 4.78 is 23.1. The Morgan fingerprint density at radius 3 is 2.66 bits per heavy atom. The van der Waals surface area contributed by atoms with Gasteiger partial charge >= 0.3 is 7.12 Å². The van der Waals surface area contributed by atoms with Crippen LogP contribution in [0.25, 0.3) is 16.5 Å². The number of benzene rings is 1. The molecule has 13 nitrogen and oxygen atoms in total. The number of halogens is 1. The molecular weight excluding hydrogens is 570 g/mol. The number of nitrogens with one attached hydrogen (secondary N) is 1. The fourth-order valence-electron chi connectivity index (χ4n) is 5.79. The van der Waals surface area contributed by atoms with Crippen molar-refractivity contribution < 1.29 is 28.8 Å². The minimum Gasteiger partial charge on any atom is -0.493 e. The Bertz CT molecular complexity index is 1700. The molecule has 0 unspecified atom stereocenters. The number of amides is 2. The average molecular weight is 602 g/mol. The fraction of sp³-hybridized carbons (Fsp3) is 0.345. The summed E-state index contributed by atoms with van der Waals surface area (Å²) in [5.74, 6) is 0.296. The van der Waals surface area contributed by atoms with E-state index in [2.05, 4.69) is 20.3 Å². The highest BCUT2D eigenvalue weighted by Gasteiger charge is 2.29. The van der Waals surface area contributed by atoms with Crippen LogP contribution in [-0.4, -0.2) is 110 Å². The molecule has 0 spiro atoms. The quantitative estimate of drug-likeness (QED) is 0.247. The molecule has 3 N–H and O–H groups in total. The fourth-order valence-corrected chi connectivity index (χ4v) is 5.79. The van der Waals surface area contributed by atoms with Crippen molar-refractivity contribution >= 4 is 46.7 Å². The summed E-state index contributed by atoms with van der Waals surface area (Å²) in [6.45, 7) is 2.90. The first-order valence-corrected chi connectivity index (χ1v) is 14.4. The van der Waals surface area contributed by atoms with Crippen LogP contribution in [0.15, 0.2) is 48.9 Å². The van der Waals surface area contributed by atoms with E-state index in [0.29, 0.717) is 62.8 Å². The van der Waals surface area contributed by atoms with Gasteiger partial charge in [0.1, 0.15) is 5.69 Å². The van der Waals surface area contributed by atoms with E-state index in [0.717, 1.165) is 0 Å². The van der Waals surface area contributed by atoms with E-state index in [1.807, 2.05) is 17.0 Å².